The van der Waals surface area contributed by atoms with Crippen LogP contribution >= 0.6 is 0 Å². The lowest BCUT2D eigenvalue weighted by molar-refractivity contribution is -0.158. The zero-order valence-electron chi connectivity index (χ0n) is 19.2. The van der Waals surface area contributed by atoms with E-state index >= 15 is 0 Å². The van der Waals surface area contributed by atoms with Gasteiger partial charge in [-0.2, -0.15) is 0 Å². The average molecular weight is 443 g/mol. The van der Waals surface area contributed by atoms with E-state index in [-0.39, 0.29) is 52.3 Å². The van der Waals surface area contributed by atoms with Crippen molar-refractivity contribution in [3.8, 4) is 0 Å². The van der Waals surface area contributed by atoms with Crippen molar-refractivity contribution in [1.29, 1.82) is 0 Å². The Kier molecular flexibility index (Phi) is 4.37. The van der Waals surface area contributed by atoms with E-state index < -0.39 is 0 Å². The molecule has 6 rings (SSSR count). The molecular formula is C26H34O6. The molecule has 174 valence electrons. The summed E-state index contributed by atoms with van der Waals surface area (Å²) < 4.78 is 17.8. The monoisotopic (exact) mass is 442 g/mol. The number of aliphatic hydroxyl groups is 1. The molecule has 0 amide bonds. The van der Waals surface area contributed by atoms with Crippen LogP contribution in [-0.4, -0.2) is 35.0 Å². The molecule has 10 atom stereocenters. The Labute approximate surface area is 188 Å². The highest BCUT2D eigenvalue weighted by molar-refractivity contribution is 5.66. The quantitative estimate of drug-likeness (QED) is 0.554. The number of aliphatic hydroxyl groups excluding tert-OH is 1. The van der Waals surface area contributed by atoms with E-state index in [9.17, 15) is 14.7 Å². The molecule has 4 saturated carbocycles. The molecule has 6 nitrogen and oxygen atoms in total. The Morgan fingerprint density at radius 2 is 1.94 bits per heavy atom. The van der Waals surface area contributed by atoms with Crippen LogP contribution in [0.2, 0.25) is 0 Å². The van der Waals surface area contributed by atoms with Gasteiger partial charge in [-0.25, -0.2) is 4.79 Å². The fraction of sp³-hybridized carbons (Fsp3) is 0.769. The summed E-state index contributed by atoms with van der Waals surface area (Å²) in [4.78, 5) is 23.7. The SMILES string of the molecule is CC(=O)OC1C2OC23C2CCC4CC(O)CC[C@]4(C)C2CC[C@]3(C)C1c1ccc(=O)oc1. The van der Waals surface area contributed by atoms with E-state index in [0.717, 1.165) is 50.5 Å². The van der Waals surface area contributed by atoms with Crippen LogP contribution in [0.4, 0.5) is 0 Å². The predicted octanol–water partition coefficient (Wildman–Crippen LogP) is 3.80. The van der Waals surface area contributed by atoms with E-state index in [1.807, 2.05) is 6.07 Å². The maximum absolute atomic E-state index is 12.1. The fourth-order valence-electron chi connectivity index (χ4n) is 9.10. The zero-order chi connectivity index (χ0) is 22.5. The van der Waals surface area contributed by atoms with Gasteiger partial charge in [0.25, 0.3) is 0 Å². The van der Waals surface area contributed by atoms with Crippen molar-refractivity contribution in [2.45, 2.75) is 95.5 Å². The van der Waals surface area contributed by atoms with Crippen LogP contribution in [0, 0.1) is 28.6 Å². The molecule has 1 aromatic rings. The van der Waals surface area contributed by atoms with Crippen LogP contribution in [-0.2, 0) is 14.3 Å². The Hall–Kier alpha value is -1.66. The second kappa shape index (κ2) is 6.69. The molecule has 32 heavy (non-hydrogen) atoms. The molecular weight excluding hydrogens is 408 g/mol. The van der Waals surface area contributed by atoms with E-state index in [2.05, 4.69) is 13.8 Å². The van der Waals surface area contributed by atoms with Gasteiger partial charge in [0.1, 0.15) is 17.8 Å². The van der Waals surface area contributed by atoms with Gasteiger partial charge in [-0.1, -0.05) is 13.8 Å². The Balaban J connectivity index is 1.41. The highest BCUT2D eigenvalue weighted by Crippen LogP contribution is 2.78. The highest BCUT2D eigenvalue weighted by Gasteiger charge is 2.84. The van der Waals surface area contributed by atoms with Crippen molar-refractivity contribution in [3.05, 3.63) is 34.4 Å². The third-order valence-corrected chi connectivity index (χ3v) is 10.5. The van der Waals surface area contributed by atoms with Crippen molar-refractivity contribution < 1.29 is 23.8 Å². The molecule has 0 bridgehead atoms. The fourth-order valence-corrected chi connectivity index (χ4v) is 9.10. The predicted molar refractivity (Wildman–Crippen MR) is 116 cm³/mol. The topological polar surface area (TPSA) is 89.3 Å². The maximum atomic E-state index is 12.1. The largest absolute Gasteiger partial charge is 0.459 e. The summed E-state index contributed by atoms with van der Waals surface area (Å²) in [6.07, 6.45) is 8.20. The van der Waals surface area contributed by atoms with Crippen LogP contribution in [0.1, 0.15) is 77.2 Å². The summed E-state index contributed by atoms with van der Waals surface area (Å²) in [5.74, 6) is 1.24. The lowest BCUT2D eigenvalue weighted by Crippen LogP contribution is -2.58. The summed E-state index contributed by atoms with van der Waals surface area (Å²) in [6.45, 7) is 6.23. The number of hydrogen-bond acceptors (Lipinski definition) is 6. The number of carbonyl (C=O) groups excluding carboxylic acids is 1. The van der Waals surface area contributed by atoms with Crippen LogP contribution in [0.25, 0.3) is 0 Å². The minimum absolute atomic E-state index is 0.0471. The molecule has 1 spiro atoms. The van der Waals surface area contributed by atoms with E-state index in [4.69, 9.17) is 13.9 Å². The van der Waals surface area contributed by atoms with E-state index in [1.54, 1.807) is 6.26 Å². The van der Waals surface area contributed by atoms with Crippen LogP contribution in [0.3, 0.4) is 0 Å². The third-order valence-electron chi connectivity index (χ3n) is 10.5. The van der Waals surface area contributed by atoms with Gasteiger partial charge in [0.2, 0.25) is 0 Å². The summed E-state index contributed by atoms with van der Waals surface area (Å²) in [7, 11) is 0. The number of ether oxygens (including phenoxy) is 2. The van der Waals surface area contributed by atoms with Crippen molar-refractivity contribution in [1.82, 2.24) is 0 Å². The Morgan fingerprint density at radius 1 is 1.12 bits per heavy atom. The number of hydrogen-bond donors (Lipinski definition) is 1. The second-order valence-corrected chi connectivity index (χ2v) is 11.6. The molecule has 0 radical (unpaired) electrons. The first-order valence-corrected chi connectivity index (χ1v) is 12.3. The van der Waals surface area contributed by atoms with Crippen molar-refractivity contribution in [2.75, 3.05) is 0 Å². The van der Waals surface area contributed by atoms with Crippen molar-refractivity contribution in [2.24, 2.45) is 28.6 Å². The van der Waals surface area contributed by atoms with Gasteiger partial charge in [-0.3, -0.25) is 4.79 Å². The molecule has 5 fully saturated rings. The van der Waals surface area contributed by atoms with Gasteiger partial charge in [0.05, 0.1) is 12.4 Å². The van der Waals surface area contributed by atoms with E-state index in [0.29, 0.717) is 17.8 Å². The third kappa shape index (κ3) is 2.54. The molecule has 2 heterocycles. The summed E-state index contributed by atoms with van der Waals surface area (Å²) in [5, 5.41) is 10.3. The molecule has 0 aromatic carbocycles. The zero-order valence-corrected chi connectivity index (χ0v) is 19.2. The molecule has 1 N–H and O–H groups in total. The smallest absolute Gasteiger partial charge is 0.335 e. The Morgan fingerprint density at radius 3 is 2.66 bits per heavy atom. The van der Waals surface area contributed by atoms with Crippen LogP contribution in [0.5, 0.6) is 0 Å². The first-order valence-electron chi connectivity index (χ1n) is 12.3. The number of carbonyl (C=O) groups is 1. The Bertz CT molecular complexity index is 982. The summed E-state index contributed by atoms with van der Waals surface area (Å²) in [6, 6.07) is 3.30. The lowest BCUT2D eigenvalue weighted by Gasteiger charge is -2.61. The van der Waals surface area contributed by atoms with Gasteiger partial charge in [0.15, 0.2) is 0 Å². The summed E-state index contributed by atoms with van der Waals surface area (Å²) in [5.41, 5.74) is 0.319. The van der Waals surface area contributed by atoms with Crippen LogP contribution < -0.4 is 5.63 Å². The standard InChI is InChI=1S/C26H34O6/c1-14(27)31-22-21(15-4-7-20(29)30-13-15)25(3)11-9-18-19(26(25)23(22)32-26)6-5-16-12-17(28)8-10-24(16,18)2/h4,7,13,16-19,21-23,28H,5-6,8-12H2,1-3H3/t16?,17?,18?,19?,21?,22?,23?,24-,25+,26?/m0/s1. The number of fused-ring (bicyclic) bond motifs is 3. The van der Waals surface area contributed by atoms with E-state index in [1.165, 1.54) is 13.0 Å². The van der Waals surface area contributed by atoms with Gasteiger partial charge in [-0.15, -0.1) is 0 Å². The first-order chi connectivity index (χ1) is 15.2. The molecule has 8 unspecified atom stereocenters. The normalized spacial score (nSPS) is 51.1. The second-order valence-electron chi connectivity index (χ2n) is 11.6. The van der Waals surface area contributed by atoms with Gasteiger partial charge in [-0.05, 0) is 79.7 Å². The number of epoxide rings is 1. The molecule has 4 aliphatic carbocycles. The van der Waals surface area contributed by atoms with Gasteiger partial charge >= 0.3 is 11.6 Å². The first kappa shape index (κ1) is 20.9. The average Bonchev–Trinajstić information content (AvgIpc) is 3.44. The molecule has 1 aliphatic heterocycles. The highest BCUT2D eigenvalue weighted by atomic mass is 16.7. The van der Waals surface area contributed by atoms with Gasteiger partial charge in [0, 0.05) is 24.3 Å². The van der Waals surface area contributed by atoms with Crippen molar-refractivity contribution in [3.63, 3.8) is 0 Å². The van der Waals surface area contributed by atoms with Crippen LogP contribution in [0.15, 0.2) is 27.6 Å². The van der Waals surface area contributed by atoms with Crippen molar-refractivity contribution >= 4 is 5.97 Å². The molecule has 1 saturated heterocycles. The molecule has 5 aliphatic rings. The molecule has 1 aromatic heterocycles. The lowest BCUT2D eigenvalue weighted by atomic mass is 9.44. The maximum Gasteiger partial charge on any atom is 0.335 e. The van der Waals surface area contributed by atoms with Gasteiger partial charge < -0.3 is 19.0 Å². The number of esters is 1. The minimum atomic E-state index is -0.369. The minimum Gasteiger partial charge on any atom is -0.459 e. The summed E-state index contributed by atoms with van der Waals surface area (Å²) >= 11 is 0. The molecule has 6 heteroatoms. The number of rotatable bonds is 2.